The maximum atomic E-state index is 13.0. The van der Waals surface area contributed by atoms with Crippen LogP contribution < -0.4 is 10.6 Å². The number of carbonyl (C=O) groups excluding carboxylic acids is 4. The van der Waals surface area contributed by atoms with Crippen LogP contribution in [0.25, 0.3) is 0 Å². The van der Waals surface area contributed by atoms with Gasteiger partial charge in [0.1, 0.15) is 0 Å². The van der Waals surface area contributed by atoms with Gasteiger partial charge < -0.3 is 15.5 Å². The van der Waals surface area contributed by atoms with Gasteiger partial charge in [-0.1, -0.05) is 30.3 Å². The van der Waals surface area contributed by atoms with E-state index in [1.54, 1.807) is 23.1 Å². The third-order valence-electron chi connectivity index (χ3n) is 5.03. The number of anilines is 2. The van der Waals surface area contributed by atoms with Crippen LogP contribution in [0.1, 0.15) is 47.4 Å². The minimum absolute atomic E-state index is 0.0999. The van der Waals surface area contributed by atoms with Crippen molar-refractivity contribution in [3.8, 4) is 0 Å². The number of carbonyl (C=O) groups is 4. The highest BCUT2D eigenvalue weighted by atomic mass is 16.2. The molecule has 30 heavy (non-hydrogen) atoms. The summed E-state index contributed by atoms with van der Waals surface area (Å²) in [7, 11) is 0. The van der Waals surface area contributed by atoms with Crippen LogP contribution in [0.4, 0.5) is 11.4 Å². The van der Waals surface area contributed by atoms with E-state index in [4.69, 9.17) is 0 Å². The standard InChI is InChI=1S/C23H25N3O4/c1-15(27)24-20-12-19(13-21(14-20)25-16(2)28)23(30)26-10-8-18(9-11-26)22(29)17-6-4-3-5-7-17/h3-7,12-14,18H,8-11H2,1-2H3,(H,24,27)(H,25,28). The molecule has 0 spiro atoms. The molecule has 1 fully saturated rings. The summed E-state index contributed by atoms with van der Waals surface area (Å²) in [6.45, 7) is 3.70. The Bertz CT molecular complexity index is 929. The number of ketones is 1. The van der Waals surface area contributed by atoms with E-state index in [9.17, 15) is 19.2 Å². The minimum atomic E-state index is -0.270. The zero-order chi connectivity index (χ0) is 21.7. The topological polar surface area (TPSA) is 95.6 Å². The molecule has 1 heterocycles. The van der Waals surface area contributed by atoms with Gasteiger partial charge in [0.25, 0.3) is 5.91 Å². The number of rotatable bonds is 5. The quantitative estimate of drug-likeness (QED) is 0.743. The molecule has 2 N–H and O–H groups in total. The first kappa shape index (κ1) is 21.2. The Hall–Kier alpha value is -3.48. The summed E-state index contributed by atoms with van der Waals surface area (Å²) < 4.78 is 0. The van der Waals surface area contributed by atoms with Gasteiger partial charge >= 0.3 is 0 Å². The number of benzene rings is 2. The van der Waals surface area contributed by atoms with Crippen LogP contribution in [0.2, 0.25) is 0 Å². The second-order valence-electron chi connectivity index (χ2n) is 7.46. The summed E-state index contributed by atoms with van der Waals surface area (Å²) >= 11 is 0. The zero-order valence-electron chi connectivity index (χ0n) is 17.1. The van der Waals surface area contributed by atoms with Crippen LogP contribution >= 0.6 is 0 Å². The van der Waals surface area contributed by atoms with Gasteiger partial charge in [0.15, 0.2) is 5.78 Å². The minimum Gasteiger partial charge on any atom is -0.339 e. The van der Waals surface area contributed by atoms with Crippen molar-refractivity contribution in [3.05, 3.63) is 59.7 Å². The zero-order valence-corrected chi connectivity index (χ0v) is 17.1. The smallest absolute Gasteiger partial charge is 0.254 e. The van der Waals surface area contributed by atoms with Crippen LogP contribution in [-0.4, -0.2) is 41.5 Å². The average Bonchev–Trinajstić information content (AvgIpc) is 2.72. The van der Waals surface area contributed by atoms with E-state index in [0.717, 1.165) is 0 Å². The van der Waals surface area contributed by atoms with Crippen molar-refractivity contribution in [1.82, 2.24) is 4.90 Å². The van der Waals surface area contributed by atoms with Crippen LogP contribution in [0.15, 0.2) is 48.5 Å². The second-order valence-corrected chi connectivity index (χ2v) is 7.46. The number of hydrogen-bond donors (Lipinski definition) is 2. The van der Waals surface area contributed by atoms with E-state index in [-0.39, 0.29) is 29.4 Å². The molecule has 156 valence electrons. The molecule has 0 atom stereocenters. The van der Waals surface area contributed by atoms with Crippen molar-refractivity contribution in [2.24, 2.45) is 5.92 Å². The third-order valence-corrected chi connectivity index (χ3v) is 5.03. The lowest BCUT2D eigenvalue weighted by molar-refractivity contribution is -0.115. The lowest BCUT2D eigenvalue weighted by Gasteiger charge is -2.31. The number of nitrogens with zero attached hydrogens (tertiary/aromatic N) is 1. The molecule has 0 aliphatic carbocycles. The summed E-state index contributed by atoms with van der Waals surface area (Å²) in [4.78, 5) is 50.2. The maximum absolute atomic E-state index is 13.0. The molecule has 2 aromatic rings. The fraction of sp³-hybridized carbons (Fsp3) is 0.304. The van der Waals surface area contributed by atoms with Crippen LogP contribution in [-0.2, 0) is 9.59 Å². The first-order valence-electron chi connectivity index (χ1n) is 9.92. The van der Waals surface area contributed by atoms with Crippen LogP contribution in [0, 0.1) is 5.92 Å². The van der Waals surface area contributed by atoms with Gasteiger partial charge in [-0.05, 0) is 31.0 Å². The third kappa shape index (κ3) is 5.31. The molecular formula is C23H25N3O4. The van der Waals surface area contributed by atoms with Gasteiger partial charge in [-0.15, -0.1) is 0 Å². The number of Topliss-reactive ketones (excluding diaryl/α,β-unsaturated/α-hetero) is 1. The average molecular weight is 407 g/mol. The normalized spacial score (nSPS) is 14.1. The highest BCUT2D eigenvalue weighted by Gasteiger charge is 2.28. The Balaban J connectivity index is 1.71. The molecule has 7 heteroatoms. The monoisotopic (exact) mass is 407 g/mol. The van der Waals surface area contributed by atoms with E-state index in [0.29, 0.717) is 48.4 Å². The van der Waals surface area contributed by atoms with E-state index in [1.807, 2.05) is 30.3 Å². The maximum Gasteiger partial charge on any atom is 0.254 e. The molecule has 0 saturated carbocycles. The summed E-state index contributed by atoms with van der Waals surface area (Å²) in [5, 5.41) is 5.30. The molecule has 1 aliphatic heterocycles. The van der Waals surface area contributed by atoms with Gasteiger partial charge in [-0.25, -0.2) is 0 Å². The number of nitrogens with one attached hydrogen (secondary N) is 2. The van der Waals surface area contributed by atoms with E-state index in [2.05, 4.69) is 10.6 Å². The largest absolute Gasteiger partial charge is 0.339 e. The van der Waals surface area contributed by atoms with Crippen LogP contribution in [0.5, 0.6) is 0 Å². The Labute approximate surface area is 175 Å². The van der Waals surface area contributed by atoms with Gasteiger partial charge in [0.05, 0.1) is 0 Å². The van der Waals surface area contributed by atoms with Crippen molar-refractivity contribution in [1.29, 1.82) is 0 Å². The SMILES string of the molecule is CC(=O)Nc1cc(NC(C)=O)cc(C(=O)N2CCC(C(=O)c3ccccc3)CC2)c1. The highest BCUT2D eigenvalue weighted by molar-refractivity contribution is 6.00. The summed E-state index contributed by atoms with van der Waals surface area (Å²) in [6, 6.07) is 14.0. The van der Waals surface area contributed by atoms with Gasteiger partial charge in [-0.2, -0.15) is 0 Å². The van der Waals surface area contributed by atoms with Crippen molar-refractivity contribution in [2.75, 3.05) is 23.7 Å². The van der Waals surface area contributed by atoms with E-state index >= 15 is 0 Å². The molecular weight excluding hydrogens is 382 g/mol. The Kier molecular flexibility index (Phi) is 6.61. The van der Waals surface area contributed by atoms with E-state index < -0.39 is 0 Å². The summed E-state index contributed by atoms with van der Waals surface area (Å²) in [5.74, 6) is -0.720. The lowest BCUT2D eigenvalue weighted by Crippen LogP contribution is -2.40. The first-order valence-corrected chi connectivity index (χ1v) is 9.92. The molecule has 3 amide bonds. The molecule has 7 nitrogen and oxygen atoms in total. The molecule has 3 rings (SSSR count). The highest BCUT2D eigenvalue weighted by Crippen LogP contribution is 2.25. The van der Waals surface area contributed by atoms with Crippen molar-refractivity contribution in [2.45, 2.75) is 26.7 Å². The number of hydrogen-bond acceptors (Lipinski definition) is 4. The number of amides is 3. The van der Waals surface area contributed by atoms with Gasteiger partial charge in [0, 0.05) is 55.4 Å². The van der Waals surface area contributed by atoms with Gasteiger partial charge in [-0.3, -0.25) is 19.2 Å². The number of piperidine rings is 1. The van der Waals surface area contributed by atoms with Crippen LogP contribution in [0.3, 0.4) is 0 Å². The number of likely N-dealkylation sites (tertiary alicyclic amines) is 1. The molecule has 1 saturated heterocycles. The molecule has 0 radical (unpaired) electrons. The van der Waals surface area contributed by atoms with Crippen molar-refractivity contribution < 1.29 is 19.2 Å². The van der Waals surface area contributed by atoms with Crippen molar-refractivity contribution >= 4 is 34.9 Å². The molecule has 1 aliphatic rings. The Morgan fingerprint density at radius 1 is 0.800 bits per heavy atom. The predicted octanol–water partition coefficient (Wildman–Crippen LogP) is 3.34. The Morgan fingerprint density at radius 3 is 1.83 bits per heavy atom. The molecule has 2 aromatic carbocycles. The van der Waals surface area contributed by atoms with Crippen molar-refractivity contribution in [3.63, 3.8) is 0 Å². The Morgan fingerprint density at radius 2 is 1.33 bits per heavy atom. The van der Waals surface area contributed by atoms with E-state index in [1.165, 1.54) is 13.8 Å². The predicted molar refractivity (Wildman–Crippen MR) is 114 cm³/mol. The second kappa shape index (κ2) is 9.35. The molecule has 0 unspecified atom stereocenters. The lowest BCUT2D eigenvalue weighted by atomic mass is 9.88. The molecule has 0 bridgehead atoms. The fourth-order valence-corrected chi connectivity index (χ4v) is 3.67. The first-order chi connectivity index (χ1) is 14.3. The molecule has 0 aromatic heterocycles. The summed E-state index contributed by atoms with van der Waals surface area (Å²) in [5.41, 5.74) is 1.94. The fourth-order valence-electron chi connectivity index (χ4n) is 3.67. The van der Waals surface area contributed by atoms with Gasteiger partial charge in [0.2, 0.25) is 11.8 Å². The summed E-state index contributed by atoms with van der Waals surface area (Å²) in [6.07, 6.45) is 1.20.